The Labute approximate surface area is 300 Å². The first-order valence-corrected chi connectivity index (χ1v) is 17.2. The summed E-state index contributed by atoms with van der Waals surface area (Å²) >= 11 is 13.9. The van der Waals surface area contributed by atoms with Crippen molar-refractivity contribution in [1.29, 1.82) is 0 Å². The van der Waals surface area contributed by atoms with Crippen LogP contribution < -0.4 is 26.0 Å². The van der Waals surface area contributed by atoms with Crippen LogP contribution in [0.5, 0.6) is 5.88 Å². The molecule has 5 heterocycles. The lowest BCUT2D eigenvalue weighted by molar-refractivity contribution is -0.121. The Morgan fingerprint density at radius 3 is 2.68 bits per heavy atom. The number of aromatic nitrogens is 4. The van der Waals surface area contributed by atoms with Crippen LogP contribution in [-0.4, -0.2) is 82.0 Å². The normalized spacial score (nSPS) is 15.8. The molecule has 262 valence electrons. The maximum absolute atomic E-state index is 13.5. The smallest absolute Gasteiger partial charge is 0.291 e. The van der Waals surface area contributed by atoms with E-state index in [4.69, 9.17) is 32.9 Å². The van der Waals surface area contributed by atoms with Crippen LogP contribution in [-0.2, 0) is 36.1 Å². The molecule has 0 aliphatic carbocycles. The molecule has 15 heteroatoms. The van der Waals surface area contributed by atoms with E-state index in [-0.39, 0.29) is 28.7 Å². The fourth-order valence-electron chi connectivity index (χ4n) is 6.32. The SMILES string of the molecule is CNC(=O)CCN1CCc2c(nc(C(=O)Nc3cccc(-c4nccc(-c5ccc(CNC[C@@H]6CCC(=O)N6)c(OC)n5)c4Cl)c3Cl)n2C)C1. The number of methoxy groups -OCH3 is 1. The summed E-state index contributed by atoms with van der Waals surface area (Å²) in [6, 6.07) is 11.0. The topological polar surface area (TPSA) is 155 Å². The van der Waals surface area contributed by atoms with Gasteiger partial charge in [0.2, 0.25) is 17.7 Å². The number of nitrogens with zero attached hydrogens (tertiary/aromatic N) is 5. The second-order valence-electron chi connectivity index (χ2n) is 12.3. The molecule has 0 unspecified atom stereocenters. The van der Waals surface area contributed by atoms with Crippen LogP contribution in [0.25, 0.3) is 22.5 Å². The summed E-state index contributed by atoms with van der Waals surface area (Å²) in [4.78, 5) is 52.8. The minimum Gasteiger partial charge on any atom is -0.481 e. The zero-order valence-electron chi connectivity index (χ0n) is 28.1. The minimum absolute atomic E-state index is 0.0113. The van der Waals surface area contributed by atoms with Crippen LogP contribution in [0.3, 0.4) is 0 Å². The number of rotatable bonds is 12. The highest BCUT2D eigenvalue weighted by Gasteiger charge is 2.27. The first-order chi connectivity index (χ1) is 24.2. The van der Waals surface area contributed by atoms with Gasteiger partial charge in [-0.15, -0.1) is 0 Å². The maximum Gasteiger partial charge on any atom is 0.291 e. The van der Waals surface area contributed by atoms with Crippen molar-refractivity contribution in [2.45, 2.75) is 44.8 Å². The minimum atomic E-state index is -0.399. The fourth-order valence-corrected chi connectivity index (χ4v) is 6.90. The van der Waals surface area contributed by atoms with Gasteiger partial charge in [-0.05, 0) is 24.6 Å². The number of amides is 3. The van der Waals surface area contributed by atoms with Crippen molar-refractivity contribution in [2.75, 3.05) is 39.1 Å². The molecule has 50 heavy (non-hydrogen) atoms. The van der Waals surface area contributed by atoms with Gasteiger partial charge >= 0.3 is 0 Å². The third kappa shape index (κ3) is 7.60. The Morgan fingerprint density at radius 2 is 1.92 bits per heavy atom. The number of nitrogens with one attached hydrogen (secondary N) is 4. The lowest BCUT2D eigenvalue weighted by Crippen LogP contribution is -2.35. The van der Waals surface area contributed by atoms with Gasteiger partial charge in [0.15, 0.2) is 5.82 Å². The number of benzene rings is 1. The van der Waals surface area contributed by atoms with Crippen molar-refractivity contribution < 1.29 is 19.1 Å². The molecule has 1 atom stereocenters. The van der Waals surface area contributed by atoms with Crippen molar-refractivity contribution in [1.82, 2.24) is 40.4 Å². The molecule has 1 saturated heterocycles. The quantitative estimate of drug-likeness (QED) is 0.170. The van der Waals surface area contributed by atoms with Gasteiger partial charge in [-0.2, -0.15) is 0 Å². The van der Waals surface area contributed by atoms with Crippen molar-refractivity contribution in [3.05, 3.63) is 75.4 Å². The van der Waals surface area contributed by atoms with E-state index in [0.717, 1.165) is 36.3 Å². The summed E-state index contributed by atoms with van der Waals surface area (Å²) in [6.07, 6.45) is 4.13. The Morgan fingerprint density at radius 1 is 1.08 bits per heavy atom. The molecule has 13 nitrogen and oxygen atoms in total. The number of ether oxygens (including phenoxy) is 1. The highest BCUT2D eigenvalue weighted by atomic mass is 35.5. The summed E-state index contributed by atoms with van der Waals surface area (Å²) in [5, 5.41) is 12.5. The number of carbonyl (C=O) groups excluding carboxylic acids is 3. The van der Waals surface area contributed by atoms with Gasteiger partial charge in [-0.1, -0.05) is 41.4 Å². The Hall–Kier alpha value is -4.56. The molecule has 0 spiro atoms. The van der Waals surface area contributed by atoms with Crippen LogP contribution in [0, 0.1) is 0 Å². The molecular formula is C35H39Cl2N9O4. The average molecular weight is 721 g/mol. The number of hydrogen-bond acceptors (Lipinski definition) is 9. The van der Waals surface area contributed by atoms with Crippen LogP contribution in [0.15, 0.2) is 42.6 Å². The molecule has 1 aromatic carbocycles. The van der Waals surface area contributed by atoms with E-state index in [1.165, 1.54) is 0 Å². The lowest BCUT2D eigenvalue weighted by atomic mass is 10.1. The van der Waals surface area contributed by atoms with E-state index in [9.17, 15) is 14.4 Å². The van der Waals surface area contributed by atoms with Crippen molar-refractivity contribution in [3.8, 4) is 28.4 Å². The largest absolute Gasteiger partial charge is 0.481 e. The summed E-state index contributed by atoms with van der Waals surface area (Å²) in [7, 11) is 5.02. The van der Waals surface area contributed by atoms with Gasteiger partial charge in [0.25, 0.3) is 5.91 Å². The molecule has 2 aliphatic heterocycles. The predicted octanol–water partition coefficient (Wildman–Crippen LogP) is 3.97. The molecule has 6 rings (SSSR count). The molecule has 2 aliphatic rings. The second-order valence-corrected chi connectivity index (χ2v) is 13.0. The van der Waals surface area contributed by atoms with E-state index in [1.807, 2.05) is 23.7 Å². The molecule has 3 aromatic heterocycles. The highest BCUT2D eigenvalue weighted by Crippen LogP contribution is 2.40. The second kappa shape index (κ2) is 15.5. The predicted molar refractivity (Wildman–Crippen MR) is 191 cm³/mol. The lowest BCUT2D eigenvalue weighted by Gasteiger charge is -2.26. The van der Waals surface area contributed by atoms with Crippen LogP contribution in [0.4, 0.5) is 5.69 Å². The van der Waals surface area contributed by atoms with Crippen LogP contribution in [0.2, 0.25) is 10.0 Å². The number of hydrogen-bond donors (Lipinski definition) is 4. The Kier molecular flexibility index (Phi) is 11.0. The first-order valence-electron chi connectivity index (χ1n) is 16.4. The van der Waals surface area contributed by atoms with Gasteiger partial charge in [-0.25, -0.2) is 9.97 Å². The number of fused-ring (bicyclic) bond motifs is 1. The average Bonchev–Trinajstić information content (AvgIpc) is 3.69. The van der Waals surface area contributed by atoms with Crippen LogP contribution >= 0.6 is 23.2 Å². The highest BCUT2D eigenvalue weighted by molar-refractivity contribution is 6.39. The van der Waals surface area contributed by atoms with E-state index in [2.05, 4.69) is 36.1 Å². The molecule has 4 N–H and O–H groups in total. The number of pyridine rings is 2. The monoisotopic (exact) mass is 719 g/mol. The molecule has 4 aromatic rings. The van der Waals surface area contributed by atoms with Gasteiger partial charge in [0.05, 0.1) is 39.9 Å². The fraction of sp³-hybridized carbons (Fsp3) is 0.371. The molecular weight excluding hydrogens is 681 g/mol. The first kappa shape index (κ1) is 35.3. The van der Waals surface area contributed by atoms with Gasteiger partial charge in [0.1, 0.15) is 0 Å². The van der Waals surface area contributed by atoms with E-state index >= 15 is 0 Å². The summed E-state index contributed by atoms with van der Waals surface area (Å²) in [5.41, 5.74) is 5.26. The van der Waals surface area contributed by atoms with E-state index in [0.29, 0.717) is 78.1 Å². The van der Waals surface area contributed by atoms with Gasteiger partial charge in [-0.3, -0.25) is 24.3 Å². The zero-order valence-corrected chi connectivity index (χ0v) is 29.6. The molecule has 3 amide bonds. The van der Waals surface area contributed by atoms with E-state index < -0.39 is 5.91 Å². The van der Waals surface area contributed by atoms with Crippen molar-refractivity contribution in [3.63, 3.8) is 0 Å². The summed E-state index contributed by atoms with van der Waals surface area (Å²) < 4.78 is 7.43. The Balaban J connectivity index is 1.18. The van der Waals surface area contributed by atoms with Gasteiger partial charge in [0, 0.05) is 101 Å². The molecule has 1 fully saturated rings. The van der Waals surface area contributed by atoms with Crippen molar-refractivity contribution >= 4 is 46.6 Å². The summed E-state index contributed by atoms with van der Waals surface area (Å²) in [6.45, 7) is 3.13. The number of carbonyl (C=O) groups is 3. The molecule has 0 bridgehead atoms. The molecule has 0 radical (unpaired) electrons. The van der Waals surface area contributed by atoms with Gasteiger partial charge < -0.3 is 30.6 Å². The standard InChI is InChI=1S/C35H39Cl2N9O4/c1-38-28(47)13-16-46-15-12-27-26(19-46)42-33(45(27)2)34(49)43-25-6-4-5-23(30(25)36)32-31(37)22(11-14-40-32)24-9-7-20(35(44-24)50-3)17-39-18-21-8-10-29(48)41-21/h4-7,9,11,14,21,39H,8,10,12-13,15-19H2,1-3H3,(H,38,47)(H,41,48)(H,43,49)/t21-/m0/s1. The maximum atomic E-state index is 13.5. The van der Waals surface area contributed by atoms with Crippen LogP contribution in [0.1, 0.15) is 46.8 Å². The zero-order chi connectivity index (χ0) is 35.4. The third-order valence-corrected chi connectivity index (χ3v) is 9.85. The van der Waals surface area contributed by atoms with Crippen molar-refractivity contribution in [2.24, 2.45) is 7.05 Å². The number of anilines is 1. The number of imidazole rings is 1. The summed E-state index contributed by atoms with van der Waals surface area (Å²) in [5.74, 6) is 0.397. The third-order valence-electron chi connectivity index (χ3n) is 9.06. The molecule has 0 saturated carbocycles. The van der Waals surface area contributed by atoms with E-state index in [1.54, 1.807) is 44.6 Å². The number of halogens is 2. The Bertz CT molecular complexity index is 1930.